The standard InChI is InChI=1S/C10H16ClN2/c1-4-5-6-13-10(8(2)3)9(11)7-12-13/h8H,4-6H2,1-3H3. The molecule has 0 aliphatic heterocycles. The van der Waals surface area contributed by atoms with Crippen molar-refractivity contribution in [2.45, 2.75) is 46.1 Å². The van der Waals surface area contributed by atoms with Crippen molar-refractivity contribution in [3.63, 3.8) is 0 Å². The van der Waals surface area contributed by atoms with Gasteiger partial charge in [0.05, 0.1) is 10.7 Å². The van der Waals surface area contributed by atoms with E-state index in [1.165, 1.54) is 6.42 Å². The number of aryl methyl sites for hydroxylation is 1. The van der Waals surface area contributed by atoms with E-state index in [1.54, 1.807) is 0 Å². The first kappa shape index (κ1) is 10.6. The predicted molar refractivity (Wildman–Crippen MR) is 55.1 cm³/mol. The molecule has 0 saturated carbocycles. The van der Waals surface area contributed by atoms with Crippen LogP contribution < -0.4 is 0 Å². The minimum atomic E-state index is 0.420. The van der Waals surface area contributed by atoms with Gasteiger partial charge in [0.25, 0.3) is 0 Å². The Labute approximate surface area is 84.9 Å². The van der Waals surface area contributed by atoms with E-state index >= 15 is 0 Å². The number of halogens is 1. The Bertz CT molecular complexity index is 266. The molecule has 1 aromatic rings. The van der Waals surface area contributed by atoms with Gasteiger partial charge in [-0.05, 0) is 12.3 Å². The van der Waals surface area contributed by atoms with Crippen LogP contribution >= 0.6 is 11.6 Å². The third-order valence-corrected chi connectivity index (χ3v) is 2.32. The first-order valence-corrected chi connectivity index (χ1v) is 5.18. The quantitative estimate of drug-likeness (QED) is 0.728. The average molecular weight is 200 g/mol. The van der Waals surface area contributed by atoms with E-state index in [0.717, 1.165) is 18.7 Å². The Morgan fingerprint density at radius 2 is 2.23 bits per heavy atom. The minimum absolute atomic E-state index is 0.420. The van der Waals surface area contributed by atoms with E-state index in [1.807, 2.05) is 4.68 Å². The highest BCUT2D eigenvalue weighted by atomic mass is 35.5. The second kappa shape index (κ2) is 4.66. The smallest absolute Gasteiger partial charge is 0.133 e. The van der Waals surface area contributed by atoms with Crippen molar-refractivity contribution in [2.24, 2.45) is 0 Å². The molecule has 0 unspecified atom stereocenters. The first-order chi connectivity index (χ1) is 6.16. The molecule has 1 radical (unpaired) electrons. The van der Waals surface area contributed by atoms with E-state index < -0.39 is 0 Å². The Balaban J connectivity index is 2.81. The predicted octanol–water partition coefficient (Wildman–Crippen LogP) is 3.26. The highest BCUT2D eigenvalue weighted by Gasteiger charge is 2.12. The van der Waals surface area contributed by atoms with Crippen LogP contribution in [-0.2, 0) is 6.54 Å². The normalized spacial score (nSPS) is 11.2. The number of hydrogen-bond acceptors (Lipinski definition) is 1. The summed E-state index contributed by atoms with van der Waals surface area (Å²) in [5, 5.41) is 4.81. The van der Waals surface area contributed by atoms with Crippen molar-refractivity contribution in [3.05, 3.63) is 16.9 Å². The molecule has 0 bridgehead atoms. The largest absolute Gasteiger partial charge is 0.267 e. The Kier molecular flexibility index (Phi) is 3.79. The zero-order valence-electron chi connectivity index (χ0n) is 8.47. The molecule has 13 heavy (non-hydrogen) atoms. The van der Waals surface area contributed by atoms with E-state index in [-0.39, 0.29) is 0 Å². The molecule has 0 aliphatic rings. The monoisotopic (exact) mass is 199 g/mol. The summed E-state index contributed by atoms with van der Waals surface area (Å²) < 4.78 is 1.97. The van der Waals surface area contributed by atoms with Gasteiger partial charge >= 0.3 is 0 Å². The maximum atomic E-state index is 5.98. The van der Waals surface area contributed by atoms with Crippen LogP contribution in [0.3, 0.4) is 0 Å². The lowest BCUT2D eigenvalue weighted by Crippen LogP contribution is -2.06. The topological polar surface area (TPSA) is 17.8 Å². The van der Waals surface area contributed by atoms with Crippen molar-refractivity contribution in [1.82, 2.24) is 9.78 Å². The van der Waals surface area contributed by atoms with E-state index in [9.17, 15) is 0 Å². The van der Waals surface area contributed by atoms with Crippen LogP contribution in [-0.4, -0.2) is 9.78 Å². The van der Waals surface area contributed by atoms with Crippen LogP contribution in [0.4, 0.5) is 0 Å². The lowest BCUT2D eigenvalue weighted by Gasteiger charge is -2.09. The lowest BCUT2D eigenvalue weighted by molar-refractivity contribution is 0.535. The zero-order chi connectivity index (χ0) is 9.84. The third-order valence-electron chi connectivity index (χ3n) is 2.04. The molecular weight excluding hydrogens is 184 g/mol. The number of rotatable bonds is 4. The van der Waals surface area contributed by atoms with Gasteiger partial charge in [-0.3, -0.25) is 4.68 Å². The van der Waals surface area contributed by atoms with E-state index in [0.29, 0.717) is 10.9 Å². The SMILES string of the molecule is CCCCn1n[c]c(Cl)c1C(C)C. The highest BCUT2D eigenvalue weighted by molar-refractivity contribution is 6.31. The summed E-state index contributed by atoms with van der Waals surface area (Å²) in [5.41, 5.74) is 1.11. The van der Waals surface area contributed by atoms with Gasteiger partial charge in [0.1, 0.15) is 6.20 Å². The lowest BCUT2D eigenvalue weighted by atomic mass is 10.1. The van der Waals surface area contributed by atoms with Crippen LogP contribution in [0.15, 0.2) is 0 Å². The van der Waals surface area contributed by atoms with E-state index in [2.05, 4.69) is 32.1 Å². The third kappa shape index (κ3) is 2.47. The van der Waals surface area contributed by atoms with Gasteiger partial charge < -0.3 is 0 Å². The molecule has 1 heterocycles. The van der Waals surface area contributed by atoms with Gasteiger partial charge in [-0.1, -0.05) is 38.8 Å². The molecule has 3 heteroatoms. The summed E-state index contributed by atoms with van der Waals surface area (Å²) in [7, 11) is 0. The fourth-order valence-corrected chi connectivity index (χ4v) is 1.71. The summed E-state index contributed by atoms with van der Waals surface area (Å²) in [6.07, 6.45) is 5.13. The molecule has 0 spiro atoms. The first-order valence-electron chi connectivity index (χ1n) is 4.80. The van der Waals surface area contributed by atoms with Crippen molar-refractivity contribution in [3.8, 4) is 0 Å². The Morgan fingerprint density at radius 1 is 1.54 bits per heavy atom. The van der Waals surface area contributed by atoms with Gasteiger partial charge in [-0.2, -0.15) is 5.10 Å². The summed E-state index contributed by atoms with van der Waals surface area (Å²) in [6.45, 7) is 7.37. The second-order valence-electron chi connectivity index (χ2n) is 3.54. The summed E-state index contributed by atoms with van der Waals surface area (Å²) in [4.78, 5) is 0. The summed E-state index contributed by atoms with van der Waals surface area (Å²) >= 11 is 5.98. The van der Waals surface area contributed by atoms with Crippen LogP contribution in [0.25, 0.3) is 0 Å². The molecule has 1 aromatic heterocycles. The van der Waals surface area contributed by atoms with Crippen LogP contribution in [0, 0.1) is 6.20 Å². The molecule has 0 amide bonds. The summed E-state index contributed by atoms with van der Waals surface area (Å²) in [6, 6.07) is 0. The number of hydrogen-bond donors (Lipinski definition) is 0. The van der Waals surface area contributed by atoms with Gasteiger partial charge in [-0.25, -0.2) is 0 Å². The molecule has 73 valence electrons. The Morgan fingerprint density at radius 3 is 2.77 bits per heavy atom. The van der Waals surface area contributed by atoms with Crippen molar-refractivity contribution < 1.29 is 0 Å². The molecule has 1 rings (SSSR count). The second-order valence-corrected chi connectivity index (χ2v) is 3.92. The molecule has 0 aliphatic carbocycles. The maximum Gasteiger partial charge on any atom is 0.133 e. The van der Waals surface area contributed by atoms with Crippen LogP contribution in [0.1, 0.15) is 45.2 Å². The van der Waals surface area contributed by atoms with Gasteiger partial charge in [0, 0.05) is 6.54 Å². The molecule has 0 saturated heterocycles. The number of nitrogens with zero attached hydrogens (tertiary/aromatic N) is 2. The van der Waals surface area contributed by atoms with E-state index in [4.69, 9.17) is 11.6 Å². The van der Waals surface area contributed by atoms with Gasteiger partial charge in [0.15, 0.2) is 0 Å². The molecule has 0 atom stereocenters. The zero-order valence-corrected chi connectivity index (χ0v) is 9.23. The minimum Gasteiger partial charge on any atom is -0.267 e. The fraction of sp³-hybridized carbons (Fsp3) is 0.700. The number of aromatic nitrogens is 2. The fourth-order valence-electron chi connectivity index (χ4n) is 1.36. The highest BCUT2D eigenvalue weighted by Crippen LogP contribution is 2.23. The average Bonchev–Trinajstić information content (AvgIpc) is 2.43. The Hall–Kier alpha value is -0.500. The van der Waals surface area contributed by atoms with Crippen molar-refractivity contribution in [2.75, 3.05) is 0 Å². The molecule has 0 fully saturated rings. The molecule has 0 aromatic carbocycles. The molecule has 2 nitrogen and oxygen atoms in total. The maximum absolute atomic E-state index is 5.98. The van der Waals surface area contributed by atoms with Crippen LogP contribution in [0.5, 0.6) is 0 Å². The van der Waals surface area contributed by atoms with Crippen LogP contribution in [0.2, 0.25) is 5.02 Å². The van der Waals surface area contributed by atoms with Crippen molar-refractivity contribution in [1.29, 1.82) is 0 Å². The summed E-state index contributed by atoms with van der Waals surface area (Å²) in [5.74, 6) is 0.420. The van der Waals surface area contributed by atoms with Gasteiger partial charge in [0.2, 0.25) is 0 Å². The molecule has 0 N–H and O–H groups in total. The van der Waals surface area contributed by atoms with Crippen molar-refractivity contribution >= 4 is 11.6 Å². The van der Waals surface area contributed by atoms with Gasteiger partial charge in [-0.15, -0.1) is 0 Å². The number of unbranched alkanes of at least 4 members (excludes halogenated alkanes) is 1. The molecular formula is C10H16ClN2.